The summed E-state index contributed by atoms with van der Waals surface area (Å²) >= 11 is 0. The minimum atomic E-state index is -3.54. The summed E-state index contributed by atoms with van der Waals surface area (Å²) in [4.78, 5) is 11.8. The molecule has 2 amide bonds. The first-order chi connectivity index (χ1) is 10.7. The van der Waals surface area contributed by atoms with Gasteiger partial charge in [-0.1, -0.05) is 24.3 Å². The van der Waals surface area contributed by atoms with Crippen molar-refractivity contribution in [3.8, 4) is 0 Å². The second-order valence-electron chi connectivity index (χ2n) is 5.23. The molecule has 0 saturated heterocycles. The lowest BCUT2D eigenvalue weighted by atomic mass is 10.1. The number of nitrogens with two attached hydrogens (primary N) is 1. The lowest BCUT2D eigenvalue weighted by Gasteiger charge is -2.08. The van der Waals surface area contributed by atoms with Crippen LogP contribution in [-0.4, -0.2) is 24.2 Å². The fourth-order valence-electron chi connectivity index (χ4n) is 2.06. The van der Waals surface area contributed by atoms with Gasteiger partial charge in [0.1, 0.15) is 5.82 Å². The van der Waals surface area contributed by atoms with Crippen LogP contribution in [0.4, 0.5) is 10.6 Å². The molecular formula is C14H19N5O3S. The molecule has 1 aromatic heterocycles. The Morgan fingerprint density at radius 3 is 2.39 bits per heavy atom. The fraction of sp³-hybridized carbons (Fsp3) is 0.286. The molecule has 0 saturated carbocycles. The summed E-state index contributed by atoms with van der Waals surface area (Å²) < 4.78 is 23.6. The predicted octanol–water partition coefficient (Wildman–Crippen LogP) is 0.839. The molecule has 8 nitrogen and oxygen atoms in total. The Morgan fingerprint density at radius 1 is 1.26 bits per heavy atom. The Morgan fingerprint density at radius 2 is 1.87 bits per heavy atom. The van der Waals surface area contributed by atoms with Crippen LogP contribution < -0.4 is 15.8 Å². The molecule has 0 aliphatic carbocycles. The molecule has 0 spiro atoms. The van der Waals surface area contributed by atoms with Gasteiger partial charge in [-0.25, -0.2) is 18.4 Å². The number of carbonyl (C=O) groups is 1. The molecule has 23 heavy (non-hydrogen) atoms. The second-order valence-corrected chi connectivity index (χ2v) is 6.84. The summed E-state index contributed by atoms with van der Waals surface area (Å²) in [5, 5.41) is 14.5. The summed E-state index contributed by atoms with van der Waals surface area (Å²) in [5.41, 5.74) is 2.26. The zero-order valence-corrected chi connectivity index (χ0v) is 13.7. The third-order valence-electron chi connectivity index (χ3n) is 3.09. The van der Waals surface area contributed by atoms with Crippen molar-refractivity contribution in [2.75, 3.05) is 5.32 Å². The van der Waals surface area contributed by atoms with E-state index in [1.807, 2.05) is 6.92 Å². The van der Waals surface area contributed by atoms with Crippen molar-refractivity contribution in [3.63, 3.8) is 0 Å². The van der Waals surface area contributed by atoms with Gasteiger partial charge in [-0.05, 0) is 18.1 Å². The molecule has 0 atom stereocenters. The number of urea groups is 1. The molecule has 0 aliphatic rings. The Labute approximate surface area is 134 Å². The van der Waals surface area contributed by atoms with Crippen molar-refractivity contribution < 1.29 is 13.2 Å². The van der Waals surface area contributed by atoms with Gasteiger partial charge in [0.2, 0.25) is 10.0 Å². The van der Waals surface area contributed by atoms with E-state index in [4.69, 9.17) is 5.14 Å². The maximum absolute atomic E-state index is 11.8. The topological polar surface area (TPSA) is 119 Å². The van der Waals surface area contributed by atoms with E-state index in [1.54, 1.807) is 42.1 Å². The van der Waals surface area contributed by atoms with Gasteiger partial charge in [0.05, 0.1) is 11.4 Å². The van der Waals surface area contributed by atoms with Crippen LogP contribution in [0.2, 0.25) is 0 Å². The molecule has 0 aliphatic heterocycles. The number of sulfonamides is 1. The predicted molar refractivity (Wildman–Crippen MR) is 87.1 cm³/mol. The van der Waals surface area contributed by atoms with Gasteiger partial charge < -0.3 is 5.32 Å². The number of aromatic nitrogens is 2. The molecule has 1 heterocycles. The molecule has 0 fully saturated rings. The monoisotopic (exact) mass is 337 g/mol. The number of primary sulfonamides is 1. The molecule has 124 valence electrons. The average Bonchev–Trinajstić information content (AvgIpc) is 2.74. The first-order valence-corrected chi connectivity index (χ1v) is 8.58. The highest BCUT2D eigenvalue weighted by atomic mass is 32.2. The normalized spacial score (nSPS) is 11.3. The van der Waals surface area contributed by atoms with Crippen LogP contribution in [-0.2, 0) is 29.4 Å². The number of amides is 2. The molecule has 0 radical (unpaired) electrons. The zero-order chi connectivity index (χ0) is 17.0. The van der Waals surface area contributed by atoms with Crippen molar-refractivity contribution >= 4 is 21.9 Å². The van der Waals surface area contributed by atoms with Crippen molar-refractivity contribution in [2.45, 2.75) is 19.2 Å². The zero-order valence-electron chi connectivity index (χ0n) is 12.9. The maximum Gasteiger partial charge on any atom is 0.320 e. The highest BCUT2D eigenvalue weighted by Gasteiger charge is 2.07. The van der Waals surface area contributed by atoms with Crippen molar-refractivity contribution in [1.82, 2.24) is 15.1 Å². The largest absolute Gasteiger partial charge is 0.334 e. The van der Waals surface area contributed by atoms with Crippen LogP contribution in [0.15, 0.2) is 30.3 Å². The molecule has 1 aromatic carbocycles. The molecule has 2 aromatic rings. The van der Waals surface area contributed by atoms with Crippen LogP contribution in [0.25, 0.3) is 0 Å². The second kappa shape index (κ2) is 6.80. The van der Waals surface area contributed by atoms with Crippen LogP contribution in [0.3, 0.4) is 0 Å². The standard InChI is InChI=1S/C14H19N5O3S/c1-10-7-13(19(2)18-10)17-14(20)16-8-11-3-5-12(6-4-11)9-23(15,21)22/h3-7H,8-9H2,1-2H3,(H2,15,21,22)(H2,16,17,20). The maximum atomic E-state index is 11.8. The van der Waals surface area contributed by atoms with Gasteiger partial charge in [-0.2, -0.15) is 5.10 Å². The highest BCUT2D eigenvalue weighted by molar-refractivity contribution is 7.88. The van der Waals surface area contributed by atoms with Gasteiger partial charge in [0.25, 0.3) is 0 Å². The first kappa shape index (κ1) is 17.0. The third kappa shape index (κ3) is 5.38. The number of hydrogen-bond acceptors (Lipinski definition) is 4. The minimum absolute atomic E-state index is 0.207. The Balaban J connectivity index is 1.88. The third-order valence-corrected chi connectivity index (χ3v) is 3.82. The molecular weight excluding hydrogens is 318 g/mol. The quantitative estimate of drug-likeness (QED) is 0.749. The van der Waals surface area contributed by atoms with E-state index in [1.165, 1.54) is 0 Å². The Kier molecular flexibility index (Phi) is 5.02. The lowest BCUT2D eigenvalue weighted by Crippen LogP contribution is -2.29. The number of nitrogens with one attached hydrogen (secondary N) is 2. The number of nitrogens with zero attached hydrogens (tertiary/aromatic N) is 2. The number of rotatable bonds is 5. The van der Waals surface area contributed by atoms with E-state index in [-0.39, 0.29) is 11.8 Å². The number of anilines is 1. The molecule has 2 rings (SSSR count). The van der Waals surface area contributed by atoms with Gasteiger partial charge in [0.15, 0.2) is 0 Å². The molecule has 0 bridgehead atoms. The number of benzene rings is 1. The number of carbonyl (C=O) groups excluding carboxylic acids is 1. The van der Waals surface area contributed by atoms with Crippen LogP contribution in [0.5, 0.6) is 0 Å². The summed E-state index contributed by atoms with van der Waals surface area (Å²) in [6.45, 7) is 2.16. The van der Waals surface area contributed by atoms with Crippen LogP contribution >= 0.6 is 0 Å². The number of hydrogen-bond donors (Lipinski definition) is 3. The van der Waals surface area contributed by atoms with E-state index in [0.29, 0.717) is 17.9 Å². The number of aryl methyl sites for hydroxylation is 2. The van der Waals surface area contributed by atoms with Gasteiger partial charge in [0, 0.05) is 19.7 Å². The summed E-state index contributed by atoms with van der Waals surface area (Å²) in [7, 11) is -1.80. The van der Waals surface area contributed by atoms with Gasteiger partial charge >= 0.3 is 6.03 Å². The Bertz CT molecular complexity index is 796. The highest BCUT2D eigenvalue weighted by Crippen LogP contribution is 2.09. The van der Waals surface area contributed by atoms with E-state index in [9.17, 15) is 13.2 Å². The van der Waals surface area contributed by atoms with E-state index < -0.39 is 10.0 Å². The van der Waals surface area contributed by atoms with E-state index >= 15 is 0 Å². The van der Waals surface area contributed by atoms with Gasteiger partial charge in [-0.15, -0.1) is 0 Å². The van der Waals surface area contributed by atoms with Crippen molar-refractivity contribution in [2.24, 2.45) is 12.2 Å². The Hall–Kier alpha value is -2.39. The van der Waals surface area contributed by atoms with Crippen LogP contribution in [0, 0.1) is 6.92 Å². The van der Waals surface area contributed by atoms with Crippen molar-refractivity contribution in [1.29, 1.82) is 0 Å². The van der Waals surface area contributed by atoms with Crippen molar-refractivity contribution in [3.05, 3.63) is 47.2 Å². The van der Waals surface area contributed by atoms with E-state index in [0.717, 1.165) is 11.3 Å². The fourth-order valence-corrected chi connectivity index (χ4v) is 2.71. The minimum Gasteiger partial charge on any atom is -0.334 e. The van der Waals surface area contributed by atoms with E-state index in [2.05, 4.69) is 15.7 Å². The van der Waals surface area contributed by atoms with Gasteiger partial charge in [-0.3, -0.25) is 10.00 Å². The molecule has 4 N–H and O–H groups in total. The summed E-state index contributed by atoms with van der Waals surface area (Å²) in [6, 6.07) is 8.25. The average molecular weight is 337 g/mol. The molecule has 9 heteroatoms. The van der Waals surface area contributed by atoms with Crippen LogP contribution in [0.1, 0.15) is 16.8 Å². The lowest BCUT2D eigenvalue weighted by molar-refractivity contribution is 0.251. The SMILES string of the molecule is Cc1cc(NC(=O)NCc2ccc(CS(N)(=O)=O)cc2)n(C)n1. The summed E-state index contributed by atoms with van der Waals surface area (Å²) in [5.74, 6) is 0.393. The molecule has 0 unspecified atom stereocenters. The first-order valence-electron chi connectivity index (χ1n) is 6.87. The summed E-state index contributed by atoms with van der Waals surface area (Å²) in [6.07, 6.45) is 0. The smallest absolute Gasteiger partial charge is 0.320 e.